The topological polar surface area (TPSA) is 51.0 Å². The van der Waals surface area contributed by atoms with E-state index in [-0.39, 0.29) is 5.91 Å². The van der Waals surface area contributed by atoms with Crippen LogP contribution in [0.5, 0.6) is 0 Å². The quantitative estimate of drug-likeness (QED) is 0.675. The fourth-order valence-electron chi connectivity index (χ4n) is 3.01. The lowest BCUT2D eigenvalue weighted by Crippen LogP contribution is -2.30. The molecule has 3 rings (SSSR count). The summed E-state index contributed by atoms with van der Waals surface area (Å²) < 4.78 is 2.16. The van der Waals surface area contributed by atoms with E-state index in [2.05, 4.69) is 35.7 Å². The van der Waals surface area contributed by atoms with Crippen molar-refractivity contribution in [3.8, 4) is 10.6 Å². The van der Waals surface area contributed by atoms with Gasteiger partial charge in [-0.25, -0.2) is 9.97 Å². The summed E-state index contributed by atoms with van der Waals surface area (Å²) >= 11 is 1.48. The third kappa shape index (κ3) is 3.06. The van der Waals surface area contributed by atoms with Crippen LogP contribution in [0.4, 0.5) is 0 Å². The van der Waals surface area contributed by atoms with E-state index in [1.54, 1.807) is 0 Å². The average Bonchev–Trinajstić information content (AvgIpc) is 3.16. The van der Waals surface area contributed by atoms with Gasteiger partial charge in [-0.05, 0) is 46.8 Å². The number of aryl methyl sites for hydroxylation is 1. The number of amides is 1. The number of hydrogen-bond acceptors (Lipinski definition) is 4. The SMILES string of the molecule is CCN(CC)C(=O)c1sc(-c2cn(C(C)C)c3ncccc23)nc1C. The first-order chi connectivity index (χ1) is 12.0. The molecule has 1 amide bonds. The van der Waals surface area contributed by atoms with E-state index in [1.807, 2.05) is 37.9 Å². The molecule has 0 aliphatic carbocycles. The van der Waals surface area contributed by atoms with Gasteiger partial charge in [0.1, 0.15) is 15.5 Å². The summed E-state index contributed by atoms with van der Waals surface area (Å²) in [6, 6.07) is 4.32. The molecule has 0 aliphatic heterocycles. The molecule has 0 unspecified atom stereocenters. The number of fused-ring (bicyclic) bond motifs is 1. The van der Waals surface area contributed by atoms with Crippen LogP contribution in [0.2, 0.25) is 0 Å². The van der Waals surface area contributed by atoms with E-state index in [0.717, 1.165) is 32.2 Å². The highest BCUT2D eigenvalue weighted by Crippen LogP contribution is 2.35. The first kappa shape index (κ1) is 17.6. The molecular formula is C19H24N4OS. The Balaban J connectivity index is 2.11. The van der Waals surface area contributed by atoms with Crippen LogP contribution in [0.3, 0.4) is 0 Å². The third-order valence-corrected chi connectivity index (χ3v) is 5.60. The highest BCUT2D eigenvalue weighted by Gasteiger charge is 2.22. The number of pyridine rings is 1. The fourth-order valence-corrected chi connectivity index (χ4v) is 4.07. The van der Waals surface area contributed by atoms with Crippen molar-refractivity contribution in [2.24, 2.45) is 0 Å². The maximum Gasteiger partial charge on any atom is 0.265 e. The Hall–Kier alpha value is -2.21. The first-order valence-corrected chi connectivity index (χ1v) is 9.52. The van der Waals surface area contributed by atoms with Gasteiger partial charge in [0.15, 0.2) is 0 Å². The number of thiazole rings is 1. The highest BCUT2D eigenvalue weighted by molar-refractivity contribution is 7.17. The van der Waals surface area contributed by atoms with Gasteiger partial charge in [0.05, 0.1) is 5.69 Å². The second kappa shape index (κ2) is 6.96. The van der Waals surface area contributed by atoms with Crippen LogP contribution in [0, 0.1) is 6.92 Å². The summed E-state index contributed by atoms with van der Waals surface area (Å²) in [5.41, 5.74) is 2.80. The van der Waals surface area contributed by atoms with Gasteiger partial charge in [0, 0.05) is 42.5 Å². The summed E-state index contributed by atoms with van der Waals surface area (Å²) in [6.07, 6.45) is 3.92. The molecule has 5 nitrogen and oxygen atoms in total. The number of hydrogen-bond donors (Lipinski definition) is 0. The molecule has 3 aromatic rings. The van der Waals surface area contributed by atoms with Gasteiger partial charge in [0.2, 0.25) is 0 Å². The molecule has 6 heteroatoms. The summed E-state index contributed by atoms with van der Waals surface area (Å²) in [5.74, 6) is 0.0666. The van der Waals surface area contributed by atoms with Gasteiger partial charge in [-0.1, -0.05) is 0 Å². The van der Waals surface area contributed by atoms with E-state index in [1.165, 1.54) is 11.3 Å². The molecule has 0 fully saturated rings. The Bertz CT molecular complexity index is 905. The van der Waals surface area contributed by atoms with Crippen LogP contribution in [-0.2, 0) is 0 Å². The largest absolute Gasteiger partial charge is 0.338 e. The van der Waals surface area contributed by atoms with Crippen LogP contribution >= 0.6 is 11.3 Å². The Morgan fingerprint density at radius 3 is 2.68 bits per heavy atom. The van der Waals surface area contributed by atoms with Crippen molar-refractivity contribution < 1.29 is 4.79 Å². The Morgan fingerprint density at radius 1 is 1.32 bits per heavy atom. The van der Waals surface area contributed by atoms with Crippen molar-refractivity contribution in [3.05, 3.63) is 35.1 Å². The smallest absolute Gasteiger partial charge is 0.265 e. The number of rotatable bonds is 5. The van der Waals surface area contributed by atoms with Crippen molar-refractivity contribution in [2.45, 2.75) is 40.7 Å². The summed E-state index contributed by atoms with van der Waals surface area (Å²) in [5, 5.41) is 1.96. The monoisotopic (exact) mass is 356 g/mol. The molecule has 0 radical (unpaired) electrons. The number of nitrogens with zero attached hydrogens (tertiary/aromatic N) is 4. The van der Waals surface area contributed by atoms with E-state index < -0.39 is 0 Å². The van der Waals surface area contributed by atoms with Gasteiger partial charge in [-0.2, -0.15) is 0 Å². The molecular weight excluding hydrogens is 332 g/mol. The molecule has 3 heterocycles. The number of carbonyl (C=O) groups excluding carboxylic acids is 1. The van der Waals surface area contributed by atoms with Crippen molar-refractivity contribution in [3.63, 3.8) is 0 Å². The van der Waals surface area contributed by atoms with Crippen molar-refractivity contribution >= 4 is 28.3 Å². The van der Waals surface area contributed by atoms with Gasteiger partial charge in [0.25, 0.3) is 5.91 Å². The lowest BCUT2D eigenvalue weighted by Gasteiger charge is -2.17. The van der Waals surface area contributed by atoms with E-state index >= 15 is 0 Å². The second-order valence-corrected chi connectivity index (χ2v) is 7.33. The predicted molar refractivity (Wildman–Crippen MR) is 103 cm³/mol. The minimum atomic E-state index is 0.0666. The van der Waals surface area contributed by atoms with Crippen molar-refractivity contribution in [1.82, 2.24) is 19.4 Å². The Labute approximate surface area is 152 Å². The zero-order valence-corrected chi connectivity index (χ0v) is 16.2. The Morgan fingerprint density at radius 2 is 2.04 bits per heavy atom. The molecule has 0 aromatic carbocycles. The minimum Gasteiger partial charge on any atom is -0.338 e. The van der Waals surface area contributed by atoms with Crippen molar-refractivity contribution in [1.29, 1.82) is 0 Å². The zero-order chi connectivity index (χ0) is 18.1. The lowest BCUT2D eigenvalue weighted by atomic mass is 10.2. The van der Waals surface area contributed by atoms with E-state index in [0.29, 0.717) is 19.1 Å². The molecule has 0 N–H and O–H groups in total. The molecule has 0 aliphatic rings. The van der Waals surface area contributed by atoms with Gasteiger partial charge in [-0.15, -0.1) is 11.3 Å². The van der Waals surface area contributed by atoms with Gasteiger partial charge < -0.3 is 9.47 Å². The molecule has 0 saturated heterocycles. The molecule has 0 saturated carbocycles. The van der Waals surface area contributed by atoms with E-state index in [9.17, 15) is 4.79 Å². The number of carbonyl (C=O) groups is 1. The van der Waals surface area contributed by atoms with Crippen LogP contribution in [0.15, 0.2) is 24.5 Å². The molecule has 0 bridgehead atoms. The second-order valence-electron chi connectivity index (χ2n) is 6.33. The summed E-state index contributed by atoms with van der Waals surface area (Å²) in [7, 11) is 0. The fraction of sp³-hybridized carbons (Fsp3) is 0.421. The first-order valence-electron chi connectivity index (χ1n) is 8.70. The van der Waals surface area contributed by atoms with Gasteiger partial charge in [-0.3, -0.25) is 4.79 Å². The average molecular weight is 356 g/mol. The maximum atomic E-state index is 12.7. The van der Waals surface area contributed by atoms with Crippen LogP contribution in [-0.4, -0.2) is 38.4 Å². The molecule has 25 heavy (non-hydrogen) atoms. The summed E-state index contributed by atoms with van der Waals surface area (Å²) in [4.78, 5) is 24.5. The summed E-state index contributed by atoms with van der Waals surface area (Å²) in [6.45, 7) is 11.6. The maximum absolute atomic E-state index is 12.7. The van der Waals surface area contributed by atoms with Crippen LogP contribution in [0.1, 0.15) is 49.1 Å². The normalized spacial score (nSPS) is 11.4. The van der Waals surface area contributed by atoms with Crippen LogP contribution in [0.25, 0.3) is 21.6 Å². The van der Waals surface area contributed by atoms with Gasteiger partial charge >= 0.3 is 0 Å². The van der Waals surface area contributed by atoms with Crippen molar-refractivity contribution in [2.75, 3.05) is 13.1 Å². The molecule has 132 valence electrons. The standard InChI is InChI=1S/C19H24N4OS/c1-6-22(7-2)19(24)16-13(5)21-18(25-16)15-11-23(12(3)4)17-14(15)9-8-10-20-17/h8-12H,6-7H2,1-5H3. The zero-order valence-electron chi connectivity index (χ0n) is 15.4. The number of aromatic nitrogens is 3. The highest BCUT2D eigenvalue weighted by atomic mass is 32.1. The molecule has 0 atom stereocenters. The molecule has 0 spiro atoms. The lowest BCUT2D eigenvalue weighted by molar-refractivity contribution is 0.0777. The predicted octanol–water partition coefficient (Wildman–Crippen LogP) is 4.53. The Kier molecular flexibility index (Phi) is 4.90. The minimum absolute atomic E-state index is 0.0666. The third-order valence-electron chi connectivity index (χ3n) is 4.42. The van der Waals surface area contributed by atoms with E-state index in [4.69, 9.17) is 4.98 Å². The van der Waals surface area contributed by atoms with Crippen LogP contribution < -0.4 is 0 Å². The molecule has 3 aromatic heterocycles.